The molecule has 0 saturated heterocycles. The maximum atomic E-state index is 3.97. The van der Waals surface area contributed by atoms with Gasteiger partial charge in [0.1, 0.15) is 0 Å². The van der Waals surface area contributed by atoms with Crippen molar-refractivity contribution in [3.63, 3.8) is 0 Å². The summed E-state index contributed by atoms with van der Waals surface area (Å²) in [7, 11) is 0. The fourth-order valence-corrected chi connectivity index (χ4v) is 5.98. The molecule has 0 spiro atoms. The number of hydrogen-bond acceptors (Lipinski definition) is 2. The van der Waals surface area contributed by atoms with Crippen LogP contribution < -0.4 is 4.90 Å². The Kier molecular flexibility index (Phi) is 5.44. The lowest BCUT2D eigenvalue weighted by atomic mass is 10.0. The topological polar surface area (TPSA) is 3.24 Å². The van der Waals surface area contributed by atoms with Crippen LogP contribution in [0.2, 0.25) is 0 Å². The minimum absolute atomic E-state index is 1.13. The molecule has 1 heterocycles. The Labute approximate surface area is 209 Å². The number of nitrogens with zero attached hydrogens (tertiary/aromatic N) is 1. The third kappa shape index (κ3) is 3.73. The van der Waals surface area contributed by atoms with Gasteiger partial charge in [-0.2, -0.15) is 0 Å². The summed E-state index contributed by atoms with van der Waals surface area (Å²) in [6.07, 6.45) is 4.01. The highest BCUT2D eigenvalue weighted by Gasteiger charge is 2.17. The molecular formula is C33H25NS. The first-order valence-corrected chi connectivity index (χ1v) is 12.7. The molecule has 0 radical (unpaired) electrons. The van der Waals surface area contributed by atoms with Gasteiger partial charge in [0.15, 0.2) is 0 Å². The fraction of sp³-hybridized carbons (Fsp3) is 0.0303. The normalized spacial score (nSPS) is 11.9. The van der Waals surface area contributed by atoms with Crippen molar-refractivity contribution in [3.8, 4) is 0 Å². The average Bonchev–Trinajstić information content (AvgIpc) is 3.29. The Bertz CT molecular complexity index is 1710. The zero-order chi connectivity index (χ0) is 23.8. The Balaban J connectivity index is 1.59. The number of thiophene rings is 1. The van der Waals surface area contributed by atoms with Gasteiger partial charge < -0.3 is 4.90 Å². The van der Waals surface area contributed by atoms with Gasteiger partial charge in [-0.3, -0.25) is 0 Å². The van der Waals surface area contributed by atoms with Gasteiger partial charge in [0, 0.05) is 36.9 Å². The molecule has 35 heavy (non-hydrogen) atoms. The van der Waals surface area contributed by atoms with Gasteiger partial charge >= 0.3 is 0 Å². The average molecular weight is 468 g/mol. The van der Waals surface area contributed by atoms with Crippen molar-refractivity contribution in [1.29, 1.82) is 0 Å². The molecule has 0 aliphatic carbocycles. The second kappa shape index (κ2) is 8.90. The Hall–Kier alpha value is -4.14. The van der Waals surface area contributed by atoms with Gasteiger partial charge in [-0.1, -0.05) is 85.5 Å². The minimum Gasteiger partial charge on any atom is -0.310 e. The van der Waals surface area contributed by atoms with Crippen LogP contribution in [0.4, 0.5) is 17.1 Å². The van der Waals surface area contributed by atoms with Crippen LogP contribution in [0, 0.1) is 0 Å². The lowest BCUT2D eigenvalue weighted by molar-refractivity contribution is 1.30. The molecule has 0 atom stereocenters. The van der Waals surface area contributed by atoms with Gasteiger partial charge in [-0.05, 0) is 65.9 Å². The first-order valence-electron chi connectivity index (χ1n) is 11.9. The number of fused-ring (bicyclic) bond motifs is 4. The number of benzene rings is 5. The molecule has 1 aromatic heterocycles. The molecule has 1 nitrogen and oxygen atoms in total. The van der Waals surface area contributed by atoms with E-state index in [4.69, 9.17) is 0 Å². The molecule has 0 unspecified atom stereocenters. The predicted octanol–water partition coefficient (Wildman–Crippen LogP) is 10.3. The zero-order valence-corrected chi connectivity index (χ0v) is 20.4. The number of hydrogen-bond donors (Lipinski definition) is 0. The van der Waals surface area contributed by atoms with E-state index in [0.717, 1.165) is 16.9 Å². The second-order valence-corrected chi connectivity index (χ2v) is 9.69. The highest BCUT2D eigenvalue weighted by molar-refractivity contribution is 7.25. The van der Waals surface area contributed by atoms with E-state index >= 15 is 0 Å². The summed E-state index contributed by atoms with van der Waals surface area (Å²) in [6, 6.07) is 39.4. The molecule has 168 valence electrons. The Morgan fingerprint density at radius 3 is 2.17 bits per heavy atom. The van der Waals surface area contributed by atoms with Crippen LogP contribution in [0.5, 0.6) is 0 Å². The van der Waals surface area contributed by atoms with E-state index in [-0.39, 0.29) is 0 Å². The van der Waals surface area contributed by atoms with Crippen LogP contribution in [-0.2, 0) is 0 Å². The number of rotatable bonds is 5. The van der Waals surface area contributed by atoms with E-state index in [9.17, 15) is 0 Å². The van der Waals surface area contributed by atoms with Crippen LogP contribution in [-0.4, -0.2) is 0 Å². The molecule has 0 bridgehead atoms. The monoisotopic (exact) mass is 467 g/mol. The second-order valence-electron chi connectivity index (χ2n) is 8.61. The largest absolute Gasteiger partial charge is 0.310 e. The lowest BCUT2D eigenvalue weighted by Crippen LogP contribution is -2.10. The summed E-state index contributed by atoms with van der Waals surface area (Å²) in [5, 5.41) is 5.07. The Morgan fingerprint density at radius 1 is 0.686 bits per heavy atom. The summed E-state index contributed by atoms with van der Waals surface area (Å²) in [5.41, 5.74) is 5.76. The highest BCUT2D eigenvalue weighted by Crippen LogP contribution is 2.42. The molecular weight excluding hydrogens is 442 g/mol. The van der Waals surface area contributed by atoms with Crippen LogP contribution >= 0.6 is 11.3 Å². The molecule has 0 N–H and O–H groups in total. The smallest absolute Gasteiger partial charge is 0.0540 e. The van der Waals surface area contributed by atoms with Crippen LogP contribution in [0.1, 0.15) is 12.5 Å². The third-order valence-corrected chi connectivity index (χ3v) is 7.77. The van der Waals surface area contributed by atoms with Gasteiger partial charge in [0.25, 0.3) is 0 Å². The zero-order valence-electron chi connectivity index (χ0n) is 19.6. The fourth-order valence-electron chi connectivity index (χ4n) is 4.89. The maximum absolute atomic E-state index is 3.97. The first kappa shape index (κ1) is 21.4. The van der Waals surface area contributed by atoms with E-state index in [1.807, 2.05) is 24.3 Å². The quantitative estimate of drug-likeness (QED) is 0.228. The van der Waals surface area contributed by atoms with Crippen molar-refractivity contribution in [2.45, 2.75) is 6.92 Å². The maximum Gasteiger partial charge on any atom is 0.0540 e. The van der Waals surface area contributed by atoms with E-state index in [1.54, 1.807) is 0 Å². The summed E-state index contributed by atoms with van der Waals surface area (Å²) in [6.45, 7) is 6.02. The standard InChI is InChI=1S/C33H25NS/c1-3-23(4-2)24-16-18-26(19-17-24)34(31-14-9-11-25-10-5-6-12-28(25)31)27-20-21-33-30(22-27)29-13-7-8-15-32(29)35-33/h3-22H,1H2,2H3/b23-4+. The molecule has 0 aliphatic heterocycles. The molecule has 0 fully saturated rings. The summed E-state index contributed by atoms with van der Waals surface area (Å²) in [5.74, 6) is 0. The molecule has 5 aromatic carbocycles. The van der Waals surface area contributed by atoms with Gasteiger partial charge in [0.05, 0.1) is 5.69 Å². The number of anilines is 3. The van der Waals surface area contributed by atoms with Crippen LogP contribution in [0.25, 0.3) is 36.5 Å². The highest BCUT2D eigenvalue weighted by atomic mass is 32.1. The predicted molar refractivity (Wildman–Crippen MR) is 155 cm³/mol. The SMILES string of the molecule is C=C/C(=C\C)c1ccc(N(c2ccc3sc4ccccc4c3c2)c2cccc3ccccc23)cc1. The van der Waals surface area contributed by atoms with E-state index in [2.05, 4.69) is 127 Å². The summed E-state index contributed by atoms with van der Waals surface area (Å²) in [4.78, 5) is 2.38. The van der Waals surface area contributed by atoms with Gasteiger partial charge in [0.2, 0.25) is 0 Å². The molecule has 0 aliphatic rings. The summed E-state index contributed by atoms with van der Waals surface area (Å²) < 4.78 is 2.64. The molecule has 6 aromatic rings. The van der Waals surface area contributed by atoms with E-state index in [0.29, 0.717) is 0 Å². The van der Waals surface area contributed by atoms with Crippen molar-refractivity contribution in [3.05, 3.63) is 133 Å². The van der Waals surface area contributed by atoms with Crippen molar-refractivity contribution in [1.82, 2.24) is 0 Å². The van der Waals surface area contributed by atoms with Crippen molar-refractivity contribution in [2.75, 3.05) is 4.90 Å². The molecule has 6 rings (SSSR count). The summed E-state index contributed by atoms with van der Waals surface area (Å²) >= 11 is 1.85. The van der Waals surface area contributed by atoms with Crippen molar-refractivity contribution in [2.24, 2.45) is 0 Å². The van der Waals surface area contributed by atoms with E-state index < -0.39 is 0 Å². The molecule has 0 saturated carbocycles. The van der Waals surface area contributed by atoms with Crippen LogP contribution in [0.15, 0.2) is 128 Å². The first-order chi connectivity index (χ1) is 17.3. The minimum atomic E-state index is 1.13. The van der Waals surface area contributed by atoms with Gasteiger partial charge in [-0.25, -0.2) is 0 Å². The Morgan fingerprint density at radius 2 is 1.37 bits per heavy atom. The number of allylic oxidation sites excluding steroid dienone is 3. The lowest BCUT2D eigenvalue weighted by Gasteiger charge is -2.27. The van der Waals surface area contributed by atoms with Gasteiger partial charge in [-0.15, -0.1) is 11.3 Å². The van der Waals surface area contributed by atoms with Crippen LogP contribution in [0.3, 0.4) is 0 Å². The van der Waals surface area contributed by atoms with E-state index in [1.165, 1.54) is 42.2 Å². The third-order valence-electron chi connectivity index (χ3n) is 6.62. The van der Waals surface area contributed by atoms with Crippen molar-refractivity contribution < 1.29 is 0 Å². The molecule has 2 heteroatoms. The van der Waals surface area contributed by atoms with Crippen molar-refractivity contribution >= 4 is 64.9 Å². The molecule has 0 amide bonds.